The maximum Gasteiger partial charge on any atom is 0.409 e. The molecule has 2 rings (SSSR count). The lowest BCUT2D eigenvalue weighted by molar-refractivity contribution is 0.106. The first-order valence-corrected chi connectivity index (χ1v) is 7.64. The Morgan fingerprint density at radius 1 is 1.26 bits per heavy atom. The SMILES string of the molecule is COC(=O)N1CCC(CNC(=O)Nc2cccc(OC)c2)CC1. The normalized spacial score (nSPS) is 15.0. The van der Waals surface area contributed by atoms with Gasteiger partial charge in [0.15, 0.2) is 0 Å². The average Bonchev–Trinajstić information content (AvgIpc) is 2.60. The Morgan fingerprint density at radius 3 is 2.65 bits per heavy atom. The number of ether oxygens (including phenoxy) is 2. The fourth-order valence-electron chi connectivity index (χ4n) is 2.56. The van der Waals surface area contributed by atoms with Crippen LogP contribution in [0.2, 0.25) is 0 Å². The first-order valence-electron chi connectivity index (χ1n) is 7.64. The summed E-state index contributed by atoms with van der Waals surface area (Å²) in [5.74, 6) is 1.06. The summed E-state index contributed by atoms with van der Waals surface area (Å²) in [6, 6.07) is 6.95. The third-order valence-electron chi connectivity index (χ3n) is 3.93. The van der Waals surface area contributed by atoms with E-state index in [2.05, 4.69) is 10.6 Å². The zero-order chi connectivity index (χ0) is 16.7. The lowest BCUT2D eigenvalue weighted by Crippen LogP contribution is -2.42. The molecule has 1 aromatic carbocycles. The standard InChI is InChI=1S/C16H23N3O4/c1-22-14-5-3-4-13(10-14)18-15(20)17-11-12-6-8-19(9-7-12)16(21)23-2/h3-5,10,12H,6-9,11H2,1-2H3,(H2,17,18,20). The first-order chi connectivity index (χ1) is 11.1. The monoisotopic (exact) mass is 321 g/mol. The predicted octanol–water partition coefficient (Wildman–Crippen LogP) is 2.30. The van der Waals surface area contributed by atoms with Gasteiger partial charge in [-0.3, -0.25) is 0 Å². The highest BCUT2D eigenvalue weighted by Crippen LogP contribution is 2.18. The average molecular weight is 321 g/mol. The van der Waals surface area contributed by atoms with Gasteiger partial charge in [-0.2, -0.15) is 0 Å². The van der Waals surface area contributed by atoms with E-state index in [9.17, 15) is 9.59 Å². The van der Waals surface area contributed by atoms with Crippen LogP contribution in [0.1, 0.15) is 12.8 Å². The van der Waals surface area contributed by atoms with Crippen LogP contribution in [0.4, 0.5) is 15.3 Å². The predicted molar refractivity (Wildman–Crippen MR) is 86.7 cm³/mol. The Bertz CT molecular complexity index is 542. The first kappa shape index (κ1) is 16.9. The molecule has 1 aliphatic rings. The van der Waals surface area contributed by atoms with Crippen LogP contribution < -0.4 is 15.4 Å². The smallest absolute Gasteiger partial charge is 0.409 e. The fraction of sp³-hybridized carbons (Fsp3) is 0.500. The molecule has 7 nitrogen and oxygen atoms in total. The van der Waals surface area contributed by atoms with Crippen molar-refractivity contribution in [2.24, 2.45) is 5.92 Å². The second-order valence-corrected chi connectivity index (χ2v) is 5.47. The van der Waals surface area contributed by atoms with E-state index in [-0.39, 0.29) is 12.1 Å². The molecule has 7 heteroatoms. The molecule has 1 heterocycles. The van der Waals surface area contributed by atoms with Gasteiger partial charge in [0, 0.05) is 31.4 Å². The molecule has 0 atom stereocenters. The summed E-state index contributed by atoms with van der Waals surface area (Å²) in [5.41, 5.74) is 0.683. The Labute approximate surface area is 135 Å². The van der Waals surface area contributed by atoms with E-state index in [1.54, 1.807) is 24.1 Å². The topological polar surface area (TPSA) is 79.9 Å². The molecular formula is C16H23N3O4. The molecule has 0 aliphatic carbocycles. The number of hydrogen-bond donors (Lipinski definition) is 2. The minimum Gasteiger partial charge on any atom is -0.497 e. The maximum atomic E-state index is 11.9. The summed E-state index contributed by atoms with van der Waals surface area (Å²) in [7, 11) is 2.97. The number of methoxy groups -OCH3 is 2. The van der Waals surface area contributed by atoms with E-state index in [4.69, 9.17) is 9.47 Å². The Morgan fingerprint density at radius 2 is 2.00 bits per heavy atom. The van der Waals surface area contributed by atoms with E-state index >= 15 is 0 Å². The van der Waals surface area contributed by atoms with Gasteiger partial charge >= 0.3 is 12.1 Å². The van der Waals surface area contributed by atoms with E-state index in [1.807, 2.05) is 12.1 Å². The summed E-state index contributed by atoms with van der Waals surface area (Å²) in [5, 5.41) is 5.65. The van der Waals surface area contributed by atoms with Crippen molar-refractivity contribution in [1.82, 2.24) is 10.2 Å². The van der Waals surface area contributed by atoms with Crippen LogP contribution in [0.5, 0.6) is 5.75 Å². The minimum absolute atomic E-state index is 0.242. The molecule has 1 saturated heterocycles. The van der Waals surface area contributed by atoms with Gasteiger partial charge in [-0.25, -0.2) is 9.59 Å². The molecule has 0 aromatic heterocycles. The zero-order valence-corrected chi connectivity index (χ0v) is 13.5. The van der Waals surface area contributed by atoms with E-state index in [1.165, 1.54) is 7.11 Å². The number of carbonyl (C=O) groups excluding carboxylic acids is 2. The van der Waals surface area contributed by atoms with Crippen molar-refractivity contribution in [3.8, 4) is 5.75 Å². The van der Waals surface area contributed by atoms with Gasteiger partial charge in [0.25, 0.3) is 0 Å². The Balaban J connectivity index is 1.72. The highest BCUT2D eigenvalue weighted by Gasteiger charge is 2.23. The number of rotatable bonds is 4. The molecule has 23 heavy (non-hydrogen) atoms. The number of nitrogens with one attached hydrogen (secondary N) is 2. The molecule has 0 radical (unpaired) electrons. The third-order valence-corrected chi connectivity index (χ3v) is 3.93. The second-order valence-electron chi connectivity index (χ2n) is 5.47. The van der Waals surface area contributed by atoms with Crippen molar-refractivity contribution in [2.75, 3.05) is 39.2 Å². The van der Waals surface area contributed by atoms with Crippen molar-refractivity contribution in [2.45, 2.75) is 12.8 Å². The Hall–Kier alpha value is -2.44. The van der Waals surface area contributed by atoms with Crippen molar-refractivity contribution >= 4 is 17.8 Å². The van der Waals surface area contributed by atoms with Crippen LogP contribution in [-0.4, -0.2) is 50.9 Å². The maximum absolute atomic E-state index is 11.9. The minimum atomic E-state index is -0.285. The van der Waals surface area contributed by atoms with E-state index in [0.717, 1.165) is 12.8 Å². The molecule has 1 aliphatic heterocycles. The van der Waals surface area contributed by atoms with Crippen LogP contribution in [0.25, 0.3) is 0 Å². The van der Waals surface area contributed by atoms with Crippen molar-refractivity contribution in [3.05, 3.63) is 24.3 Å². The largest absolute Gasteiger partial charge is 0.497 e. The van der Waals surface area contributed by atoms with E-state index in [0.29, 0.717) is 37.0 Å². The molecule has 1 fully saturated rings. The molecule has 0 spiro atoms. The number of urea groups is 1. The molecule has 0 unspecified atom stereocenters. The number of hydrogen-bond acceptors (Lipinski definition) is 4. The lowest BCUT2D eigenvalue weighted by atomic mass is 9.97. The van der Waals surface area contributed by atoms with Crippen LogP contribution in [0.15, 0.2) is 24.3 Å². The molecule has 126 valence electrons. The fourth-order valence-corrected chi connectivity index (χ4v) is 2.56. The number of nitrogens with zero attached hydrogens (tertiary/aromatic N) is 1. The number of anilines is 1. The quantitative estimate of drug-likeness (QED) is 0.892. The van der Waals surface area contributed by atoms with Gasteiger partial charge in [-0.15, -0.1) is 0 Å². The summed E-state index contributed by atoms with van der Waals surface area (Å²) in [6.45, 7) is 1.91. The van der Waals surface area contributed by atoms with Crippen molar-refractivity contribution in [1.29, 1.82) is 0 Å². The summed E-state index contributed by atoms with van der Waals surface area (Å²) >= 11 is 0. The molecule has 0 bridgehead atoms. The molecular weight excluding hydrogens is 298 g/mol. The molecule has 0 saturated carbocycles. The molecule has 2 N–H and O–H groups in total. The van der Waals surface area contributed by atoms with Crippen LogP contribution in [0.3, 0.4) is 0 Å². The molecule has 3 amide bonds. The van der Waals surface area contributed by atoms with Gasteiger partial charge < -0.3 is 25.0 Å². The number of benzene rings is 1. The highest BCUT2D eigenvalue weighted by atomic mass is 16.5. The zero-order valence-electron chi connectivity index (χ0n) is 13.5. The lowest BCUT2D eigenvalue weighted by Gasteiger charge is -2.30. The summed E-state index contributed by atoms with van der Waals surface area (Å²) in [4.78, 5) is 25.0. The van der Waals surface area contributed by atoms with Gasteiger partial charge in [-0.05, 0) is 30.9 Å². The van der Waals surface area contributed by atoms with Gasteiger partial charge in [0.2, 0.25) is 0 Å². The number of carbonyl (C=O) groups is 2. The summed E-state index contributed by atoms with van der Waals surface area (Å²) in [6.07, 6.45) is 1.43. The molecule has 1 aromatic rings. The number of likely N-dealkylation sites (tertiary alicyclic amines) is 1. The summed E-state index contributed by atoms with van der Waals surface area (Å²) < 4.78 is 9.82. The van der Waals surface area contributed by atoms with Crippen LogP contribution in [0, 0.1) is 5.92 Å². The highest BCUT2D eigenvalue weighted by molar-refractivity contribution is 5.89. The second kappa shape index (κ2) is 8.26. The number of amides is 3. The van der Waals surface area contributed by atoms with Gasteiger partial charge in [-0.1, -0.05) is 6.07 Å². The van der Waals surface area contributed by atoms with Gasteiger partial charge in [0.1, 0.15) is 5.75 Å². The third kappa shape index (κ3) is 5.05. The van der Waals surface area contributed by atoms with Crippen molar-refractivity contribution in [3.63, 3.8) is 0 Å². The van der Waals surface area contributed by atoms with E-state index < -0.39 is 0 Å². The Kier molecular flexibility index (Phi) is 6.08. The van der Waals surface area contributed by atoms with Crippen molar-refractivity contribution < 1.29 is 19.1 Å². The van der Waals surface area contributed by atoms with Crippen LogP contribution >= 0.6 is 0 Å². The van der Waals surface area contributed by atoms with Gasteiger partial charge in [0.05, 0.1) is 14.2 Å². The number of piperidine rings is 1. The van der Waals surface area contributed by atoms with Crippen LogP contribution in [-0.2, 0) is 4.74 Å².